The molecule has 0 amide bonds. The summed E-state index contributed by atoms with van der Waals surface area (Å²) in [6.45, 7) is 8.31. The van der Waals surface area contributed by atoms with Gasteiger partial charge in [-0.2, -0.15) is 5.26 Å². The molecule has 0 unspecified atom stereocenters. The zero-order valence-corrected chi connectivity index (χ0v) is 9.92. The van der Waals surface area contributed by atoms with Crippen LogP contribution in [-0.4, -0.2) is 14.0 Å². The van der Waals surface area contributed by atoms with Gasteiger partial charge in [0.1, 0.15) is 0 Å². The van der Waals surface area contributed by atoms with Crippen LogP contribution >= 0.6 is 0 Å². The van der Waals surface area contributed by atoms with Gasteiger partial charge >= 0.3 is 0 Å². The minimum absolute atomic E-state index is 0.529. The molecular formula is C9H18N2OSi. The molecule has 0 saturated heterocycles. The van der Waals surface area contributed by atoms with Gasteiger partial charge in [0.25, 0.3) is 8.32 Å². The summed E-state index contributed by atoms with van der Waals surface area (Å²) in [5.41, 5.74) is 0.990. The highest BCUT2D eigenvalue weighted by molar-refractivity contribution is 6.69. The molecule has 0 rings (SSSR count). The Bertz CT molecular complexity index is 213. The molecule has 3 nitrogen and oxygen atoms in total. The second-order valence-electron chi connectivity index (χ2n) is 3.87. The second-order valence-corrected chi connectivity index (χ2v) is 8.28. The molecule has 0 aliphatic carbocycles. The third kappa shape index (κ3) is 7.53. The van der Waals surface area contributed by atoms with E-state index in [4.69, 9.17) is 9.79 Å². The zero-order valence-electron chi connectivity index (χ0n) is 8.92. The first-order chi connectivity index (χ1) is 5.99. The minimum atomic E-state index is -1.55. The highest BCUT2D eigenvalue weighted by Crippen LogP contribution is 2.05. The van der Waals surface area contributed by atoms with Crippen LogP contribution in [0.15, 0.2) is 5.16 Å². The summed E-state index contributed by atoms with van der Waals surface area (Å²) in [6.07, 6.45) is 2.13. The number of nitriles is 1. The van der Waals surface area contributed by atoms with Crippen molar-refractivity contribution in [3.8, 4) is 6.07 Å². The van der Waals surface area contributed by atoms with Crippen LogP contribution in [0.3, 0.4) is 0 Å². The molecule has 0 aliphatic heterocycles. The predicted molar refractivity (Wildman–Crippen MR) is 57.0 cm³/mol. The van der Waals surface area contributed by atoms with Crippen molar-refractivity contribution in [3.05, 3.63) is 0 Å². The molecule has 0 aromatic heterocycles. The van der Waals surface area contributed by atoms with Gasteiger partial charge in [-0.15, -0.1) is 5.16 Å². The fraction of sp³-hybridized carbons (Fsp3) is 0.778. The van der Waals surface area contributed by atoms with Crippen molar-refractivity contribution in [2.45, 2.75) is 45.8 Å². The third-order valence-corrected chi connectivity index (χ3v) is 2.02. The average molecular weight is 198 g/mol. The maximum absolute atomic E-state index is 8.40. The summed E-state index contributed by atoms with van der Waals surface area (Å²) in [5.74, 6) is 0. The van der Waals surface area contributed by atoms with Crippen LogP contribution < -0.4 is 0 Å². The van der Waals surface area contributed by atoms with Crippen molar-refractivity contribution in [1.29, 1.82) is 5.26 Å². The van der Waals surface area contributed by atoms with Crippen LogP contribution in [0.25, 0.3) is 0 Å². The van der Waals surface area contributed by atoms with Crippen LogP contribution in [0.4, 0.5) is 0 Å². The third-order valence-electron chi connectivity index (χ3n) is 1.38. The van der Waals surface area contributed by atoms with Gasteiger partial charge in [0.05, 0.1) is 11.8 Å². The van der Waals surface area contributed by atoms with Gasteiger partial charge in [-0.3, -0.25) is 0 Å². The van der Waals surface area contributed by atoms with Gasteiger partial charge in [-0.05, 0) is 26.1 Å². The van der Waals surface area contributed by atoms with E-state index in [-0.39, 0.29) is 0 Å². The number of hydrogen-bond donors (Lipinski definition) is 0. The van der Waals surface area contributed by atoms with Crippen molar-refractivity contribution in [2.75, 3.05) is 0 Å². The Balaban J connectivity index is 4.01. The number of hydrogen-bond acceptors (Lipinski definition) is 3. The lowest BCUT2D eigenvalue weighted by Crippen LogP contribution is -2.23. The summed E-state index contributed by atoms with van der Waals surface area (Å²) >= 11 is 0. The van der Waals surface area contributed by atoms with E-state index in [1.165, 1.54) is 0 Å². The van der Waals surface area contributed by atoms with Gasteiger partial charge in [-0.1, -0.05) is 6.92 Å². The van der Waals surface area contributed by atoms with E-state index in [0.717, 1.165) is 18.6 Å². The molecule has 0 bridgehead atoms. The Morgan fingerprint density at radius 2 is 2.08 bits per heavy atom. The number of nitrogens with zero attached hydrogens (tertiary/aromatic N) is 2. The summed E-state index contributed by atoms with van der Waals surface area (Å²) in [6, 6.07) is 2.10. The molecule has 0 heterocycles. The highest BCUT2D eigenvalue weighted by Gasteiger charge is 2.15. The monoisotopic (exact) mass is 198 g/mol. The molecule has 13 heavy (non-hydrogen) atoms. The lowest BCUT2D eigenvalue weighted by atomic mass is 10.2. The van der Waals surface area contributed by atoms with Crippen molar-refractivity contribution < 1.29 is 4.53 Å². The molecule has 0 fully saturated rings. The Morgan fingerprint density at radius 1 is 1.46 bits per heavy atom. The van der Waals surface area contributed by atoms with E-state index >= 15 is 0 Å². The van der Waals surface area contributed by atoms with E-state index in [0.29, 0.717) is 6.42 Å². The molecular weight excluding hydrogens is 180 g/mol. The fourth-order valence-electron chi connectivity index (χ4n) is 0.689. The molecule has 4 heteroatoms. The smallest absolute Gasteiger partial charge is 0.278 e. The quantitative estimate of drug-likeness (QED) is 0.387. The van der Waals surface area contributed by atoms with Crippen molar-refractivity contribution in [1.82, 2.24) is 0 Å². The SMILES string of the molecule is CC/C(CCC#N)=N\O[Si](C)(C)C. The normalized spacial score (nSPS) is 12.4. The first-order valence-corrected chi connectivity index (χ1v) is 8.01. The largest absolute Gasteiger partial charge is 0.456 e. The van der Waals surface area contributed by atoms with E-state index in [2.05, 4.69) is 30.9 Å². The van der Waals surface area contributed by atoms with Crippen LogP contribution in [0.5, 0.6) is 0 Å². The molecule has 0 aromatic carbocycles. The molecule has 0 radical (unpaired) electrons. The lowest BCUT2D eigenvalue weighted by Gasteiger charge is -2.14. The van der Waals surface area contributed by atoms with Crippen LogP contribution in [0, 0.1) is 11.3 Å². The fourth-order valence-corrected chi connectivity index (χ4v) is 1.09. The molecule has 74 valence electrons. The van der Waals surface area contributed by atoms with E-state index in [1.54, 1.807) is 0 Å². The second kappa shape index (κ2) is 5.76. The maximum atomic E-state index is 8.40. The summed E-state index contributed by atoms with van der Waals surface area (Å²) in [5, 5.41) is 12.5. The summed E-state index contributed by atoms with van der Waals surface area (Å²) in [4.78, 5) is 0. The maximum Gasteiger partial charge on any atom is 0.278 e. The average Bonchev–Trinajstić information content (AvgIpc) is 2.03. The Labute approximate surface area is 81.5 Å². The molecule has 0 aliphatic rings. The van der Waals surface area contributed by atoms with Crippen LogP contribution in [-0.2, 0) is 4.53 Å². The van der Waals surface area contributed by atoms with Crippen molar-refractivity contribution in [3.63, 3.8) is 0 Å². The Kier molecular flexibility index (Phi) is 5.39. The Hall–Kier alpha value is -0.823. The summed E-state index contributed by atoms with van der Waals surface area (Å²) < 4.78 is 5.40. The van der Waals surface area contributed by atoms with Crippen LogP contribution in [0.1, 0.15) is 26.2 Å². The molecule has 0 spiro atoms. The number of rotatable bonds is 5. The molecule has 0 atom stereocenters. The van der Waals surface area contributed by atoms with E-state index in [9.17, 15) is 0 Å². The van der Waals surface area contributed by atoms with Crippen LogP contribution in [0.2, 0.25) is 19.6 Å². The van der Waals surface area contributed by atoms with Gasteiger partial charge < -0.3 is 4.53 Å². The minimum Gasteiger partial charge on any atom is -0.456 e. The lowest BCUT2D eigenvalue weighted by molar-refractivity contribution is 0.332. The van der Waals surface area contributed by atoms with Gasteiger partial charge in [0.15, 0.2) is 0 Å². The van der Waals surface area contributed by atoms with Gasteiger partial charge in [0, 0.05) is 12.8 Å². The first-order valence-electron chi connectivity index (χ1n) is 4.60. The molecule has 0 N–H and O–H groups in total. The highest BCUT2D eigenvalue weighted by atomic mass is 28.4. The standard InChI is InChI=1S/C9H18N2OSi/c1-5-9(7-6-8-10)11-12-13(2,3)4/h5-7H2,1-4H3/b11-9+. The van der Waals surface area contributed by atoms with Gasteiger partial charge in [0.2, 0.25) is 0 Å². The predicted octanol–water partition coefficient (Wildman–Crippen LogP) is 2.91. The van der Waals surface area contributed by atoms with E-state index < -0.39 is 8.32 Å². The number of oxime groups is 1. The van der Waals surface area contributed by atoms with Crippen molar-refractivity contribution >= 4 is 14.0 Å². The Morgan fingerprint density at radius 3 is 2.46 bits per heavy atom. The van der Waals surface area contributed by atoms with E-state index in [1.807, 2.05) is 6.92 Å². The topological polar surface area (TPSA) is 45.4 Å². The molecule has 0 saturated carbocycles. The summed E-state index contributed by atoms with van der Waals surface area (Å²) in [7, 11) is -1.55. The first kappa shape index (κ1) is 12.2. The zero-order chi connectivity index (χ0) is 10.3. The molecule has 0 aromatic rings. The van der Waals surface area contributed by atoms with Gasteiger partial charge in [-0.25, -0.2) is 0 Å². The van der Waals surface area contributed by atoms with Crippen molar-refractivity contribution in [2.24, 2.45) is 5.16 Å².